The zero-order valence-electron chi connectivity index (χ0n) is 17.0. The summed E-state index contributed by atoms with van der Waals surface area (Å²) >= 11 is 6.06. The van der Waals surface area contributed by atoms with Gasteiger partial charge in [-0.1, -0.05) is 25.4 Å². The summed E-state index contributed by atoms with van der Waals surface area (Å²) in [5.41, 5.74) is -0.432. The SMILES string of the molecule is COc1ccc(NC(=O)CN2C(=O)NC3(CCN(CC(C)C)CC3)C2=O)cc1Cl. The van der Waals surface area contributed by atoms with Gasteiger partial charge in [0.1, 0.15) is 17.8 Å². The van der Waals surface area contributed by atoms with E-state index in [4.69, 9.17) is 16.3 Å². The molecule has 3 rings (SSSR count). The number of hydrogen-bond donors (Lipinski definition) is 2. The fourth-order valence-corrected chi connectivity index (χ4v) is 4.14. The molecular weight excluding hydrogens is 396 g/mol. The van der Waals surface area contributed by atoms with Crippen LogP contribution in [-0.2, 0) is 9.59 Å². The monoisotopic (exact) mass is 422 g/mol. The molecule has 0 saturated carbocycles. The maximum absolute atomic E-state index is 13.0. The minimum absolute atomic E-state index is 0.324. The van der Waals surface area contributed by atoms with Gasteiger partial charge in [0.05, 0.1) is 12.1 Å². The molecule has 0 aliphatic carbocycles. The maximum atomic E-state index is 13.0. The number of carbonyl (C=O) groups is 3. The number of nitrogens with zero attached hydrogens (tertiary/aromatic N) is 2. The first-order chi connectivity index (χ1) is 13.7. The van der Waals surface area contributed by atoms with Crippen LogP contribution in [0.5, 0.6) is 5.75 Å². The standard InChI is InChI=1S/C20H27ClN4O4/c1-13(2)11-24-8-6-20(7-9-24)18(27)25(19(28)23-20)12-17(26)22-14-4-5-16(29-3)15(21)10-14/h4-5,10,13H,6-9,11-12H2,1-3H3,(H,22,26)(H,23,28). The number of hydrogen-bond acceptors (Lipinski definition) is 5. The van der Waals surface area contributed by atoms with Gasteiger partial charge in [-0.2, -0.15) is 0 Å². The van der Waals surface area contributed by atoms with Crippen LogP contribution in [0, 0.1) is 5.92 Å². The lowest BCUT2D eigenvalue weighted by molar-refractivity contribution is -0.135. The van der Waals surface area contributed by atoms with Gasteiger partial charge in [0.25, 0.3) is 5.91 Å². The normalized spacial score (nSPS) is 19.0. The summed E-state index contributed by atoms with van der Waals surface area (Å²) in [5.74, 6) is 0.243. The number of imide groups is 1. The number of amides is 4. The van der Waals surface area contributed by atoms with Gasteiger partial charge in [0, 0.05) is 25.3 Å². The molecule has 1 aromatic rings. The van der Waals surface area contributed by atoms with E-state index in [-0.39, 0.29) is 12.5 Å². The molecule has 0 atom stereocenters. The van der Waals surface area contributed by atoms with Crippen molar-refractivity contribution in [1.29, 1.82) is 0 Å². The highest BCUT2D eigenvalue weighted by atomic mass is 35.5. The molecule has 2 fully saturated rings. The summed E-state index contributed by atoms with van der Waals surface area (Å²) in [4.78, 5) is 41.1. The highest BCUT2D eigenvalue weighted by molar-refractivity contribution is 6.32. The molecule has 1 spiro atoms. The van der Waals surface area contributed by atoms with Gasteiger partial charge in [-0.3, -0.25) is 14.5 Å². The van der Waals surface area contributed by atoms with Crippen LogP contribution < -0.4 is 15.4 Å². The third kappa shape index (κ3) is 4.64. The molecule has 0 unspecified atom stereocenters. The van der Waals surface area contributed by atoms with Crippen molar-refractivity contribution in [2.24, 2.45) is 5.92 Å². The molecule has 29 heavy (non-hydrogen) atoms. The Bertz CT molecular complexity index is 806. The second kappa shape index (κ2) is 8.59. The van der Waals surface area contributed by atoms with Crippen molar-refractivity contribution >= 4 is 35.1 Å². The van der Waals surface area contributed by atoms with E-state index in [1.54, 1.807) is 18.2 Å². The summed E-state index contributed by atoms with van der Waals surface area (Å²) in [6.07, 6.45) is 1.10. The minimum Gasteiger partial charge on any atom is -0.495 e. The van der Waals surface area contributed by atoms with E-state index in [1.165, 1.54) is 7.11 Å². The zero-order chi connectivity index (χ0) is 21.2. The van der Waals surface area contributed by atoms with Gasteiger partial charge >= 0.3 is 6.03 Å². The Morgan fingerprint density at radius 3 is 2.59 bits per heavy atom. The van der Waals surface area contributed by atoms with Crippen LogP contribution in [0.1, 0.15) is 26.7 Å². The average molecular weight is 423 g/mol. The van der Waals surface area contributed by atoms with Crippen LogP contribution in [-0.4, -0.2) is 66.5 Å². The van der Waals surface area contributed by atoms with E-state index in [0.29, 0.717) is 35.2 Å². The number of anilines is 1. The molecule has 158 valence electrons. The Morgan fingerprint density at radius 1 is 1.31 bits per heavy atom. The molecule has 0 radical (unpaired) electrons. The van der Waals surface area contributed by atoms with Crippen molar-refractivity contribution in [1.82, 2.24) is 15.1 Å². The van der Waals surface area contributed by atoms with Crippen LogP contribution in [0.3, 0.4) is 0 Å². The number of urea groups is 1. The predicted octanol–water partition coefficient (Wildman–Crippen LogP) is 2.33. The number of ether oxygens (including phenoxy) is 1. The number of benzene rings is 1. The second-order valence-corrected chi connectivity index (χ2v) is 8.40. The molecule has 2 heterocycles. The molecule has 2 saturated heterocycles. The van der Waals surface area contributed by atoms with Gasteiger partial charge in [0.2, 0.25) is 5.91 Å². The van der Waals surface area contributed by atoms with Gasteiger partial charge in [-0.25, -0.2) is 4.79 Å². The quantitative estimate of drug-likeness (QED) is 0.686. The lowest BCUT2D eigenvalue weighted by Gasteiger charge is -2.37. The van der Waals surface area contributed by atoms with E-state index >= 15 is 0 Å². The molecular formula is C20H27ClN4O4. The number of halogens is 1. The van der Waals surface area contributed by atoms with E-state index in [1.807, 2.05) is 0 Å². The number of nitrogens with one attached hydrogen (secondary N) is 2. The Labute approximate surface area is 175 Å². The molecule has 2 aliphatic rings. The highest BCUT2D eigenvalue weighted by Crippen LogP contribution is 2.30. The molecule has 2 aliphatic heterocycles. The molecule has 4 amide bonds. The first-order valence-corrected chi connectivity index (χ1v) is 10.1. The largest absolute Gasteiger partial charge is 0.495 e. The summed E-state index contributed by atoms with van der Waals surface area (Å²) in [7, 11) is 1.50. The smallest absolute Gasteiger partial charge is 0.325 e. The topological polar surface area (TPSA) is 91.0 Å². The Balaban J connectivity index is 1.60. The highest BCUT2D eigenvalue weighted by Gasteiger charge is 2.52. The summed E-state index contributed by atoms with van der Waals surface area (Å²) in [5, 5.41) is 5.84. The van der Waals surface area contributed by atoms with Crippen molar-refractivity contribution in [2.75, 3.05) is 38.6 Å². The first-order valence-electron chi connectivity index (χ1n) is 9.74. The summed E-state index contributed by atoms with van der Waals surface area (Å²) < 4.78 is 5.08. The maximum Gasteiger partial charge on any atom is 0.325 e. The van der Waals surface area contributed by atoms with E-state index in [9.17, 15) is 14.4 Å². The van der Waals surface area contributed by atoms with Crippen molar-refractivity contribution in [2.45, 2.75) is 32.2 Å². The Kier molecular flexibility index (Phi) is 6.33. The molecule has 0 bridgehead atoms. The summed E-state index contributed by atoms with van der Waals surface area (Å²) in [6.45, 7) is 6.43. The molecule has 0 aromatic heterocycles. The second-order valence-electron chi connectivity index (χ2n) is 8.00. The molecule has 2 N–H and O–H groups in total. The van der Waals surface area contributed by atoms with Crippen LogP contribution in [0.25, 0.3) is 0 Å². The fraction of sp³-hybridized carbons (Fsp3) is 0.550. The number of methoxy groups -OCH3 is 1. The van der Waals surface area contributed by atoms with Gasteiger partial charge in [-0.05, 0) is 37.0 Å². The minimum atomic E-state index is -0.895. The van der Waals surface area contributed by atoms with Crippen LogP contribution in [0.15, 0.2) is 18.2 Å². The molecule has 1 aromatic carbocycles. The van der Waals surface area contributed by atoms with E-state index < -0.39 is 17.5 Å². The van der Waals surface area contributed by atoms with Crippen molar-refractivity contribution in [3.05, 3.63) is 23.2 Å². The predicted molar refractivity (Wildman–Crippen MR) is 110 cm³/mol. The number of piperidine rings is 1. The van der Waals surface area contributed by atoms with E-state index in [0.717, 1.165) is 24.5 Å². The van der Waals surface area contributed by atoms with Crippen LogP contribution >= 0.6 is 11.6 Å². The number of carbonyl (C=O) groups excluding carboxylic acids is 3. The summed E-state index contributed by atoms with van der Waals surface area (Å²) in [6, 6.07) is 4.30. The third-order valence-electron chi connectivity index (χ3n) is 5.32. The van der Waals surface area contributed by atoms with Gasteiger partial charge < -0.3 is 20.3 Å². The lowest BCUT2D eigenvalue weighted by Crippen LogP contribution is -2.55. The van der Waals surface area contributed by atoms with Crippen LogP contribution in [0.4, 0.5) is 10.5 Å². The van der Waals surface area contributed by atoms with Crippen LogP contribution in [0.2, 0.25) is 5.02 Å². The Hall–Kier alpha value is -2.32. The lowest BCUT2D eigenvalue weighted by atomic mass is 9.87. The van der Waals surface area contributed by atoms with Crippen molar-refractivity contribution in [3.63, 3.8) is 0 Å². The average Bonchev–Trinajstić information content (AvgIpc) is 2.88. The first kappa shape index (κ1) is 21.4. The third-order valence-corrected chi connectivity index (χ3v) is 5.61. The van der Waals surface area contributed by atoms with Crippen molar-refractivity contribution in [3.8, 4) is 5.75 Å². The molecule has 9 heteroatoms. The zero-order valence-corrected chi connectivity index (χ0v) is 17.7. The number of likely N-dealkylation sites (tertiary alicyclic amines) is 1. The molecule has 8 nitrogen and oxygen atoms in total. The number of rotatable bonds is 6. The van der Waals surface area contributed by atoms with E-state index in [2.05, 4.69) is 29.4 Å². The fourth-order valence-electron chi connectivity index (χ4n) is 3.88. The van der Waals surface area contributed by atoms with Gasteiger partial charge in [0.15, 0.2) is 0 Å². The van der Waals surface area contributed by atoms with Crippen molar-refractivity contribution < 1.29 is 19.1 Å². The Morgan fingerprint density at radius 2 is 2.00 bits per heavy atom. The van der Waals surface area contributed by atoms with Gasteiger partial charge in [-0.15, -0.1) is 0 Å².